The standard InChI is InChI=1S/C21H19Cl2N3O4/c1-12-18(20(28)26(25(12)3)14-8-5-4-6-9-14)24-19(27)13(2)30-21(29)17-15(22)10-7-11-16(17)23/h4-11,13H,1-3H3,(H,24,27). The number of carbonyl (C=O) groups is 2. The van der Waals surface area contributed by atoms with Crippen LogP contribution in [0.5, 0.6) is 0 Å². The molecule has 0 bridgehead atoms. The van der Waals surface area contributed by atoms with Gasteiger partial charge in [-0.2, -0.15) is 0 Å². The van der Waals surface area contributed by atoms with Gasteiger partial charge in [0.2, 0.25) is 0 Å². The van der Waals surface area contributed by atoms with Gasteiger partial charge in [0.15, 0.2) is 6.10 Å². The van der Waals surface area contributed by atoms with E-state index in [1.54, 1.807) is 36.9 Å². The molecule has 0 aliphatic carbocycles. The van der Waals surface area contributed by atoms with Gasteiger partial charge in [-0.15, -0.1) is 0 Å². The maximum absolute atomic E-state index is 12.9. The molecule has 1 heterocycles. The van der Waals surface area contributed by atoms with E-state index in [2.05, 4.69) is 5.32 Å². The average Bonchev–Trinajstić information content (AvgIpc) is 2.91. The Bertz CT molecular complexity index is 1150. The summed E-state index contributed by atoms with van der Waals surface area (Å²) in [6.45, 7) is 3.10. The van der Waals surface area contributed by atoms with Crippen molar-refractivity contribution in [2.75, 3.05) is 5.32 Å². The number of esters is 1. The van der Waals surface area contributed by atoms with Crippen molar-refractivity contribution < 1.29 is 14.3 Å². The predicted octanol–water partition coefficient (Wildman–Crippen LogP) is 3.98. The Labute approximate surface area is 182 Å². The number of amides is 1. The quantitative estimate of drug-likeness (QED) is 0.599. The van der Waals surface area contributed by atoms with Gasteiger partial charge in [-0.25, -0.2) is 9.48 Å². The molecule has 0 saturated heterocycles. The van der Waals surface area contributed by atoms with Crippen LogP contribution in [0.2, 0.25) is 10.0 Å². The molecule has 156 valence electrons. The van der Waals surface area contributed by atoms with Crippen molar-refractivity contribution in [1.82, 2.24) is 9.36 Å². The van der Waals surface area contributed by atoms with Crippen molar-refractivity contribution in [3.8, 4) is 5.69 Å². The first-order valence-corrected chi connectivity index (χ1v) is 9.77. The Morgan fingerprint density at radius 1 is 1.03 bits per heavy atom. The van der Waals surface area contributed by atoms with Gasteiger partial charge in [-0.3, -0.25) is 14.3 Å². The lowest BCUT2D eigenvalue weighted by Crippen LogP contribution is -2.32. The molecule has 0 saturated carbocycles. The number of rotatable bonds is 5. The van der Waals surface area contributed by atoms with Gasteiger partial charge in [0, 0.05) is 7.05 Å². The fourth-order valence-electron chi connectivity index (χ4n) is 2.90. The second-order valence-corrected chi connectivity index (χ2v) is 7.38. The van der Waals surface area contributed by atoms with Crippen LogP contribution in [0, 0.1) is 6.92 Å². The van der Waals surface area contributed by atoms with Crippen LogP contribution in [0.15, 0.2) is 53.3 Å². The number of anilines is 1. The Morgan fingerprint density at radius 3 is 2.23 bits per heavy atom. The number of hydrogen-bond donors (Lipinski definition) is 1. The Morgan fingerprint density at radius 2 is 1.63 bits per heavy atom. The fraction of sp³-hybridized carbons (Fsp3) is 0.190. The first-order valence-electron chi connectivity index (χ1n) is 9.02. The van der Waals surface area contributed by atoms with E-state index in [0.29, 0.717) is 11.4 Å². The second kappa shape index (κ2) is 8.77. The van der Waals surface area contributed by atoms with E-state index in [1.807, 2.05) is 18.2 Å². The normalized spacial score (nSPS) is 11.8. The molecule has 30 heavy (non-hydrogen) atoms. The highest BCUT2D eigenvalue weighted by Crippen LogP contribution is 2.25. The summed E-state index contributed by atoms with van der Waals surface area (Å²) in [5.41, 5.74) is 0.876. The number of halogens is 2. The van der Waals surface area contributed by atoms with Crippen LogP contribution in [0.4, 0.5) is 5.69 Å². The molecule has 0 aliphatic rings. The fourth-order valence-corrected chi connectivity index (χ4v) is 3.45. The zero-order valence-electron chi connectivity index (χ0n) is 16.5. The summed E-state index contributed by atoms with van der Waals surface area (Å²) in [5, 5.41) is 2.79. The molecule has 0 radical (unpaired) electrons. The number of nitrogens with zero attached hydrogens (tertiary/aromatic N) is 2. The van der Waals surface area contributed by atoms with E-state index in [1.165, 1.54) is 23.7 Å². The minimum absolute atomic E-state index is 0.0252. The maximum Gasteiger partial charge on any atom is 0.341 e. The van der Waals surface area contributed by atoms with Gasteiger partial charge in [0.25, 0.3) is 11.5 Å². The number of benzene rings is 2. The molecule has 7 nitrogen and oxygen atoms in total. The second-order valence-electron chi connectivity index (χ2n) is 6.57. The average molecular weight is 448 g/mol. The van der Waals surface area contributed by atoms with Gasteiger partial charge in [0.05, 0.1) is 27.0 Å². The molecule has 1 amide bonds. The number of carbonyl (C=O) groups excluding carboxylic acids is 2. The van der Waals surface area contributed by atoms with Crippen LogP contribution in [-0.2, 0) is 16.6 Å². The van der Waals surface area contributed by atoms with Crippen molar-refractivity contribution in [3.63, 3.8) is 0 Å². The molecule has 0 spiro atoms. The summed E-state index contributed by atoms with van der Waals surface area (Å²) < 4.78 is 8.27. The largest absolute Gasteiger partial charge is 0.449 e. The molecule has 1 unspecified atom stereocenters. The van der Waals surface area contributed by atoms with Crippen molar-refractivity contribution in [2.24, 2.45) is 7.05 Å². The minimum atomic E-state index is -1.19. The highest BCUT2D eigenvalue weighted by atomic mass is 35.5. The first kappa shape index (κ1) is 21.7. The van der Waals surface area contributed by atoms with Crippen LogP contribution in [0.3, 0.4) is 0 Å². The van der Waals surface area contributed by atoms with Gasteiger partial charge < -0.3 is 10.1 Å². The van der Waals surface area contributed by atoms with Crippen LogP contribution < -0.4 is 10.9 Å². The molecular formula is C21H19Cl2N3O4. The summed E-state index contributed by atoms with van der Waals surface area (Å²) in [6, 6.07) is 13.6. The number of hydrogen-bond acceptors (Lipinski definition) is 4. The molecule has 2 aromatic carbocycles. The Kier molecular flexibility index (Phi) is 6.34. The SMILES string of the molecule is Cc1c(NC(=O)C(C)OC(=O)c2c(Cl)cccc2Cl)c(=O)n(-c2ccccc2)n1C. The van der Waals surface area contributed by atoms with Gasteiger partial charge in [-0.05, 0) is 38.1 Å². The van der Waals surface area contributed by atoms with E-state index < -0.39 is 23.5 Å². The van der Waals surface area contributed by atoms with Crippen LogP contribution in [0.1, 0.15) is 23.0 Å². The number of para-hydroxylation sites is 1. The minimum Gasteiger partial charge on any atom is -0.449 e. The summed E-state index contributed by atoms with van der Waals surface area (Å²) >= 11 is 12.0. The predicted molar refractivity (Wildman–Crippen MR) is 116 cm³/mol. The van der Waals surface area contributed by atoms with E-state index in [-0.39, 0.29) is 21.3 Å². The van der Waals surface area contributed by atoms with Gasteiger partial charge >= 0.3 is 5.97 Å². The summed E-state index contributed by atoms with van der Waals surface area (Å²) in [6.07, 6.45) is -1.19. The number of aromatic nitrogens is 2. The third kappa shape index (κ3) is 4.13. The lowest BCUT2D eigenvalue weighted by molar-refractivity contribution is -0.123. The number of nitrogens with one attached hydrogen (secondary N) is 1. The first-order chi connectivity index (χ1) is 14.2. The summed E-state index contributed by atoms with van der Waals surface area (Å²) in [7, 11) is 1.71. The molecule has 1 N–H and O–H groups in total. The molecule has 9 heteroatoms. The molecular weight excluding hydrogens is 429 g/mol. The van der Waals surface area contributed by atoms with Crippen molar-refractivity contribution >= 4 is 40.8 Å². The van der Waals surface area contributed by atoms with Crippen LogP contribution >= 0.6 is 23.2 Å². The zero-order chi connectivity index (χ0) is 22.0. The molecule has 1 atom stereocenters. The van der Waals surface area contributed by atoms with Crippen LogP contribution in [0.25, 0.3) is 5.69 Å². The van der Waals surface area contributed by atoms with Crippen molar-refractivity contribution in [1.29, 1.82) is 0 Å². The van der Waals surface area contributed by atoms with Crippen molar-refractivity contribution in [3.05, 3.63) is 80.2 Å². The maximum atomic E-state index is 12.9. The monoisotopic (exact) mass is 447 g/mol. The van der Waals surface area contributed by atoms with Gasteiger partial charge in [-0.1, -0.05) is 47.5 Å². The molecule has 3 rings (SSSR count). The van der Waals surface area contributed by atoms with Crippen LogP contribution in [-0.4, -0.2) is 27.3 Å². The summed E-state index contributed by atoms with van der Waals surface area (Å²) in [4.78, 5) is 37.9. The third-order valence-electron chi connectivity index (χ3n) is 4.62. The Balaban J connectivity index is 1.81. The highest BCUT2D eigenvalue weighted by molar-refractivity contribution is 6.39. The molecule has 1 aromatic heterocycles. The van der Waals surface area contributed by atoms with E-state index in [9.17, 15) is 14.4 Å². The number of ether oxygens (including phenoxy) is 1. The summed E-state index contributed by atoms with van der Waals surface area (Å²) in [5.74, 6) is -1.49. The molecule has 3 aromatic rings. The topological polar surface area (TPSA) is 82.3 Å². The van der Waals surface area contributed by atoms with Crippen molar-refractivity contribution in [2.45, 2.75) is 20.0 Å². The third-order valence-corrected chi connectivity index (χ3v) is 5.25. The lowest BCUT2D eigenvalue weighted by Gasteiger charge is -2.14. The van der Waals surface area contributed by atoms with E-state index in [4.69, 9.17) is 27.9 Å². The lowest BCUT2D eigenvalue weighted by atomic mass is 10.2. The zero-order valence-corrected chi connectivity index (χ0v) is 18.0. The highest BCUT2D eigenvalue weighted by Gasteiger charge is 2.25. The molecule has 0 fully saturated rings. The smallest absolute Gasteiger partial charge is 0.341 e. The van der Waals surface area contributed by atoms with Gasteiger partial charge in [0.1, 0.15) is 5.69 Å². The molecule has 0 aliphatic heterocycles. The van der Waals surface area contributed by atoms with E-state index >= 15 is 0 Å². The van der Waals surface area contributed by atoms with E-state index in [0.717, 1.165) is 0 Å². The Hall–Kier alpha value is -3.03.